The molecule has 3 aromatic heterocycles. The summed E-state index contributed by atoms with van der Waals surface area (Å²) in [5.41, 5.74) is 2.70. The number of hydrogen-bond donors (Lipinski definition) is 2. The number of carbonyl (C=O) groups is 1. The molecule has 4 aromatic rings. The predicted molar refractivity (Wildman–Crippen MR) is 118 cm³/mol. The molecule has 1 saturated heterocycles. The largest absolute Gasteiger partial charge is 0.507 e. The highest BCUT2D eigenvalue weighted by atomic mass is 16.4. The van der Waals surface area contributed by atoms with Crippen LogP contribution in [0.3, 0.4) is 0 Å². The van der Waals surface area contributed by atoms with Crippen molar-refractivity contribution in [3.63, 3.8) is 0 Å². The van der Waals surface area contributed by atoms with Crippen molar-refractivity contribution in [2.75, 3.05) is 13.1 Å². The zero-order valence-electron chi connectivity index (χ0n) is 17.3. The number of nitriles is 1. The standard InChI is InChI=1S/C23H18N6O4/c24-11-15-10-14(3-6-20(15)30)18-5-4-16(12-26-18)28-19-2-1-8-25-21(19)29(22(28)31)17-7-9-27(13-17)23(32)33/h1-6,8,10,12,17,30H,7,9,13H2,(H,32,33)/t17-/m0/s1. The van der Waals surface area contributed by atoms with Crippen LogP contribution < -0.4 is 5.69 Å². The Hall–Kier alpha value is -4.65. The van der Waals surface area contributed by atoms with E-state index in [4.69, 9.17) is 5.26 Å². The van der Waals surface area contributed by atoms with Crippen molar-refractivity contribution in [1.29, 1.82) is 5.26 Å². The third kappa shape index (κ3) is 3.36. The van der Waals surface area contributed by atoms with Crippen LogP contribution in [0.1, 0.15) is 18.0 Å². The molecule has 1 aliphatic heterocycles. The second-order valence-electron chi connectivity index (χ2n) is 7.75. The molecular formula is C23H18N6O4. The number of fused-ring (bicyclic) bond motifs is 1. The highest BCUT2D eigenvalue weighted by Crippen LogP contribution is 2.27. The number of rotatable bonds is 3. The van der Waals surface area contributed by atoms with Crippen molar-refractivity contribution in [2.24, 2.45) is 0 Å². The Kier molecular flexibility index (Phi) is 4.79. The quantitative estimate of drug-likeness (QED) is 0.498. The number of benzene rings is 1. The van der Waals surface area contributed by atoms with Gasteiger partial charge in [-0.15, -0.1) is 0 Å². The van der Waals surface area contributed by atoms with Crippen LogP contribution in [-0.4, -0.2) is 53.4 Å². The van der Waals surface area contributed by atoms with Gasteiger partial charge in [0, 0.05) is 24.8 Å². The highest BCUT2D eigenvalue weighted by Gasteiger charge is 2.31. The summed E-state index contributed by atoms with van der Waals surface area (Å²) in [5, 5.41) is 28.1. The summed E-state index contributed by atoms with van der Waals surface area (Å²) < 4.78 is 3.07. The lowest BCUT2D eigenvalue weighted by Crippen LogP contribution is -2.31. The molecule has 0 bridgehead atoms. The van der Waals surface area contributed by atoms with Gasteiger partial charge in [-0.1, -0.05) is 0 Å². The molecule has 1 aliphatic rings. The van der Waals surface area contributed by atoms with E-state index >= 15 is 0 Å². The Labute approximate surface area is 187 Å². The maximum absolute atomic E-state index is 13.5. The molecule has 0 radical (unpaired) electrons. The number of likely N-dealkylation sites (tertiary alicyclic amines) is 1. The second-order valence-corrected chi connectivity index (χ2v) is 7.75. The van der Waals surface area contributed by atoms with Crippen molar-refractivity contribution in [1.82, 2.24) is 24.0 Å². The summed E-state index contributed by atoms with van der Waals surface area (Å²) >= 11 is 0. The van der Waals surface area contributed by atoms with Crippen LogP contribution in [0, 0.1) is 11.3 Å². The molecule has 1 aromatic carbocycles. The van der Waals surface area contributed by atoms with E-state index < -0.39 is 6.09 Å². The molecule has 4 heterocycles. The van der Waals surface area contributed by atoms with Gasteiger partial charge in [-0.25, -0.2) is 14.6 Å². The average molecular weight is 442 g/mol. The van der Waals surface area contributed by atoms with Gasteiger partial charge in [0.15, 0.2) is 5.65 Å². The van der Waals surface area contributed by atoms with Gasteiger partial charge in [0.05, 0.1) is 34.7 Å². The fraction of sp³-hybridized carbons (Fsp3) is 0.174. The van der Waals surface area contributed by atoms with Gasteiger partial charge in [-0.05, 0) is 48.9 Å². The van der Waals surface area contributed by atoms with Gasteiger partial charge >= 0.3 is 11.8 Å². The zero-order chi connectivity index (χ0) is 23.1. The molecule has 1 atom stereocenters. The number of amides is 1. The zero-order valence-corrected chi connectivity index (χ0v) is 17.3. The number of phenolic OH excluding ortho intramolecular Hbond substituents is 1. The second kappa shape index (κ2) is 7.80. The number of hydrogen-bond acceptors (Lipinski definition) is 6. The number of aromatic nitrogens is 4. The van der Waals surface area contributed by atoms with E-state index in [1.807, 2.05) is 6.07 Å². The van der Waals surface area contributed by atoms with E-state index in [1.54, 1.807) is 53.4 Å². The third-order valence-electron chi connectivity index (χ3n) is 5.85. The summed E-state index contributed by atoms with van der Waals surface area (Å²) in [7, 11) is 0. The first-order valence-corrected chi connectivity index (χ1v) is 10.2. The van der Waals surface area contributed by atoms with Crippen molar-refractivity contribution in [3.05, 3.63) is 70.9 Å². The Balaban J connectivity index is 1.57. The highest BCUT2D eigenvalue weighted by molar-refractivity contribution is 5.74. The van der Waals surface area contributed by atoms with E-state index in [0.29, 0.717) is 41.1 Å². The molecule has 0 saturated carbocycles. The molecule has 1 amide bonds. The maximum Gasteiger partial charge on any atom is 0.407 e. The van der Waals surface area contributed by atoms with Crippen LogP contribution in [-0.2, 0) is 0 Å². The lowest BCUT2D eigenvalue weighted by atomic mass is 10.1. The Morgan fingerprint density at radius 2 is 2.03 bits per heavy atom. The molecule has 10 nitrogen and oxygen atoms in total. The first-order valence-electron chi connectivity index (χ1n) is 10.2. The van der Waals surface area contributed by atoms with Gasteiger partial charge in [-0.2, -0.15) is 5.26 Å². The van der Waals surface area contributed by atoms with Gasteiger partial charge in [0.1, 0.15) is 11.8 Å². The Bertz CT molecular complexity index is 1480. The number of carboxylic acid groups (broad SMARTS) is 1. The van der Waals surface area contributed by atoms with Gasteiger partial charge in [-0.3, -0.25) is 14.1 Å². The lowest BCUT2D eigenvalue weighted by Gasteiger charge is -2.13. The number of phenols is 1. The van der Waals surface area contributed by atoms with Crippen LogP contribution in [0.15, 0.2) is 59.7 Å². The van der Waals surface area contributed by atoms with Crippen LogP contribution in [0.25, 0.3) is 28.1 Å². The number of aromatic hydroxyl groups is 1. The normalized spacial score (nSPS) is 15.6. The number of imidazole rings is 1. The van der Waals surface area contributed by atoms with Gasteiger partial charge < -0.3 is 15.1 Å². The minimum absolute atomic E-state index is 0.0990. The van der Waals surface area contributed by atoms with Gasteiger partial charge in [0.25, 0.3) is 0 Å². The molecule has 164 valence electrons. The van der Waals surface area contributed by atoms with Crippen molar-refractivity contribution >= 4 is 17.3 Å². The molecule has 5 rings (SSSR count). The van der Waals surface area contributed by atoms with Crippen LogP contribution >= 0.6 is 0 Å². The van der Waals surface area contributed by atoms with Gasteiger partial charge in [0.2, 0.25) is 0 Å². The van der Waals surface area contributed by atoms with Crippen molar-refractivity contribution in [2.45, 2.75) is 12.5 Å². The molecule has 33 heavy (non-hydrogen) atoms. The van der Waals surface area contributed by atoms with Crippen molar-refractivity contribution in [3.8, 4) is 28.8 Å². The molecule has 10 heteroatoms. The average Bonchev–Trinajstić information content (AvgIpc) is 3.42. The fourth-order valence-corrected chi connectivity index (χ4v) is 4.23. The van der Waals surface area contributed by atoms with E-state index in [9.17, 15) is 19.8 Å². The SMILES string of the molecule is N#Cc1cc(-c2ccc(-n3c(=O)n([C@H]4CCN(C(=O)O)C4)c4ncccc43)cn2)ccc1O. The monoisotopic (exact) mass is 442 g/mol. The minimum atomic E-state index is -1.00. The molecule has 0 spiro atoms. The molecule has 0 aliphatic carbocycles. The predicted octanol–water partition coefficient (Wildman–Crippen LogP) is 2.75. The first kappa shape index (κ1) is 20.3. The molecular weight excluding hydrogens is 424 g/mol. The third-order valence-corrected chi connectivity index (χ3v) is 5.85. The van der Waals surface area contributed by atoms with E-state index in [1.165, 1.54) is 15.5 Å². The fourth-order valence-electron chi connectivity index (χ4n) is 4.23. The summed E-state index contributed by atoms with van der Waals surface area (Å²) in [6.45, 7) is 0.587. The summed E-state index contributed by atoms with van der Waals surface area (Å²) in [5.74, 6) is -0.0990. The maximum atomic E-state index is 13.5. The van der Waals surface area contributed by atoms with Crippen LogP contribution in [0.5, 0.6) is 5.75 Å². The topological polar surface area (TPSA) is 137 Å². The summed E-state index contributed by atoms with van der Waals surface area (Å²) in [4.78, 5) is 34.9. The van der Waals surface area contributed by atoms with Crippen LogP contribution in [0.4, 0.5) is 4.79 Å². The smallest absolute Gasteiger partial charge is 0.407 e. The summed E-state index contributed by atoms with van der Waals surface area (Å²) in [6, 6.07) is 13.3. The Morgan fingerprint density at radius 1 is 1.18 bits per heavy atom. The molecule has 0 unspecified atom stereocenters. The lowest BCUT2D eigenvalue weighted by molar-refractivity contribution is 0.154. The minimum Gasteiger partial charge on any atom is -0.507 e. The number of nitrogens with zero attached hydrogens (tertiary/aromatic N) is 6. The van der Waals surface area contributed by atoms with E-state index in [-0.39, 0.29) is 29.6 Å². The van der Waals surface area contributed by atoms with Crippen molar-refractivity contribution < 1.29 is 15.0 Å². The summed E-state index contributed by atoms with van der Waals surface area (Å²) in [6.07, 6.45) is 2.69. The molecule has 2 N–H and O–H groups in total. The van der Waals surface area contributed by atoms with Crippen LogP contribution in [0.2, 0.25) is 0 Å². The first-order chi connectivity index (χ1) is 16.0. The molecule has 1 fully saturated rings. The van der Waals surface area contributed by atoms with E-state index in [0.717, 1.165) is 0 Å². The van der Waals surface area contributed by atoms with E-state index in [2.05, 4.69) is 9.97 Å². The number of pyridine rings is 2. The Morgan fingerprint density at radius 3 is 2.73 bits per heavy atom.